The molecule has 0 spiro atoms. The van der Waals surface area contributed by atoms with Gasteiger partial charge in [0, 0.05) is 36.0 Å². The van der Waals surface area contributed by atoms with E-state index in [0.29, 0.717) is 36.2 Å². The van der Waals surface area contributed by atoms with E-state index in [9.17, 15) is 9.59 Å². The van der Waals surface area contributed by atoms with Crippen molar-refractivity contribution in [2.45, 2.75) is 39.8 Å². The maximum absolute atomic E-state index is 12.2. The van der Waals surface area contributed by atoms with Crippen molar-refractivity contribution in [2.24, 2.45) is 11.7 Å². The third kappa shape index (κ3) is 4.43. The van der Waals surface area contributed by atoms with Gasteiger partial charge in [0.2, 0.25) is 11.8 Å². The largest absolute Gasteiger partial charge is 0.488 e. The van der Waals surface area contributed by atoms with Crippen LogP contribution in [0.4, 0.5) is 11.5 Å². The molecule has 3 rings (SSSR count). The van der Waals surface area contributed by atoms with Crippen LogP contribution < -0.4 is 21.1 Å². The molecule has 2 aromatic rings. The zero-order valence-electron chi connectivity index (χ0n) is 15.7. The molecule has 1 atom stereocenters. The van der Waals surface area contributed by atoms with Gasteiger partial charge in [-0.15, -0.1) is 0 Å². The molecule has 0 bridgehead atoms. The average molecular weight is 368 g/mol. The second-order valence-corrected chi connectivity index (χ2v) is 7.13. The highest BCUT2D eigenvalue weighted by atomic mass is 16.5. The van der Waals surface area contributed by atoms with Gasteiger partial charge < -0.3 is 21.1 Å². The van der Waals surface area contributed by atoms with E-state index in [4.69, 9.17) is 10.5 Å². The van der Waals surface area contributed by atoms with Crippen LogP contribution in [0.1, 0.15) is 32.8 Å². The Bertz CT molecular complexity index is 880. The number of benzene rings is 1. The van der Waals surface area contributed by atoms with Crippen LogP contribution >= 0.6 is 0 Å². The van der Waals surface area contributed by atoms with Crippen LogP contribution in [0.3, 0.4) is 0 Å². The minimum absolute atomic E-state index is 0.175. The molecule has 4 N–H and O–H groups in total. The van der Waals surface area contributed by atoms with Crippen LogP contribution in [-0.2, 0) is 16.2 Å². The number of nitrogens with two attached hydrogens (primary N) is 1. The van der Waals surface area contributed by atoms with Crippen molar-refractivity contribution in [1.82, 2.24) is 4.98 Å². The van der Waals surface area contributed by atoms with Gasteiger partial charge in [0.05, 0.1) is 6.04 Å². The van der Waals surface area contributed by atoms with Crippen LogP contribution in [0.5, 0.6) is 5.75 Å². The van der Waals surface area contributed by atoms with Crippen molar-refractivity contribution in [3.05, 3.63) is 36.0 Å². The van der Waals surface area contributed by atoms with E-state index >= 15 is 0 Å². The van der Waals surface area contributed by atoms with E-state index in [0.717, 1.165) is 16.7 Å². The number of anilines is 2. The smallest absolute Gasteiger partial charge is 0.241 e. The standard InChI is InChI=1S/C20H24N4O3/c1-11(2)6-17(21)20(26)24-14-4-5-15-16-8-19(23-12(3)25)22-9-13(16)10-27-18(15)7-14/h4-5,7-9,11,17H,6,10,21H2,1-3H3,(H,24,26)(H,22,23,25)/t17-/m1/s1. The number of amides is 2. The lowest BCUT2D eigenvalue weighted by molar-refractivity contribution is -0.117. The van der Waals surface area contributed by atoms with Crippen molar-refractivity contribution in [2.75, 3.05) is 10.6 Å². The number of carbonyl (C=O) groups excluding carboxylic acids is 2. The molecule has 0 aliphatic carbocycles. The first kappa shape index (κ1) is 18.8. The molecule has 0 unspecified atom stereocenters. The molecule has 142 valence electrons. The van der Waals surface area contributed by atoms with Gasteiger partial charge in [-0.25, -0.2) is 4.98 Å². The summed E-state index contributed by atoms with van der Waals surface area (Å²) in [5.41, 5.74) is 9.35. The SMILES string of the molecule is CC(=O)Nc1cc2c(cn1)COc1cc(NC(=O)[C@H](N)CC(C)C)ccc1-2. The first-order valence-corrected chi connectivity index (χ1v) is 8.93. The third-order valence-electron chi connectivity index (χ3n) is 4.28. The Kier molecular flexibility index (Phi) is 5.41. The number of aromatic nitrogens is 1. The van der Waals surface area contributed by atoms with Gasteiger partial charge in [0.25, 0.3) is 0 Å². The third-order valence-corrected chi connectivity index (χ3v) is 4.28. The Hall–Kier alpha value is -2.93. The molecular weight excluding hydrogens is 344 g/mol. The molecule has 1 aliphatic heterocycles. The summed E-state index contributed by atoms with van der Waals surface area (Å²) in [5, 5.41) is 5.53. The lowest BCUT2D eigenvalue weighted by Gasteiger charge is -2.22. The number of pyridine rings is 1. The zero-order chi connectivity index (χ0) is 19.6. The molecule has 1 aromatic heterocycles. The van der Waals surface area contributed by atoms with E-state index < -0.39 is 6.04 Å². The number of ether oxygens (including phenoxy) is 1. The molecule has 0 saturated heterocycles. The number of hydrogen-bond acceptors (Lipinski definition) is 5. The Morgan fingerprint density at radius 1 is 1.22 bits per heavy atom. The van der Waals surface area contributed by atoms with Crippen LogP contribution in [0.2, 0.25) is 0 Å². The molecule has 0 fully saturated rings. The second kappa shape index (κ2) is 7.75. The van der Waals surface area contributed by atoms with Gasteiger partial charge >= 0.3 is 0 Å². The molecule has 2 amide bonds. The van der Waals surface area contributed by atoms with Crippen LogP contribution in [0.25, 0.3) is 11.1 Å². The van der Waals surface area contributed by atoms with E-state index in [1.807, 2.05) is 32.0 Å². The highest BCUT2D eigenvalue weighted by Gasteiger charge is 2.20. The van der Waals surface area contributed by atoms with E-state index in [1.165, 1.54) is 6.92 Å². The van der Waals surface area contributed by atoms with Crippen molar-refractivity contribution < 1.29 is 14.3 Å². The monoisotopic (exact) mass is 368 g/mol. The molecule has 1 aromatic carbocycles. The lowest BCUT2D eigenvalue weighted by atomic mass is 9.98. The predicted molar refractivity (Wildman–Crippen MR) is 104 cm³/mol. The van der Waals surface area contributed by atoms with Gasteiger partial charge in [0.1, 0.15) is 18.2 Å². The fourth-order valence-electron chi connectivity index (χ4n) is 3.05. The normalized spacial score (nSPS) is 13.2. The quantitative estimate of drug-likeness (QED) is 0.752. The summed E-state index contributed by atoms with van der Waals surface area (Å²) in [6.07, 6.45) is 2.32. The number of carbonyl (C=O) groups is 2. The van der Waals surface area contributed by atoms with Gasteiger partial charge in [-0.05, 0) is 36.1 Å². The highest BCUT2D eigenvalue weighted by Crippen LogP contribution is 2.39. The number of fused-ring (bicyclic) bond motifs is 3. The maximum atomic E-state index is 12.2. The molecular formula is C20H24N4O3. The number of rotatable bonds is 5. The van der Waals surface area contributed by atoms with E-state index in [2.05, 4.69) is 15.6 Å². The molecule has 7 heteroatoms. The molecule has 2 heterocycles. The summed E-state index contributed by atoms with van der Waals surface area (Å²) < 4.78 is 5.81. The minimum Gasteiger partial charge on any atom is -0.488 e. The first-order chi connectivity index (χ1) is 12.8. The fourth-order valence-corrected chi connectivity index (χ4v) is 3.05. The van der Waals surface area contributed by atoms with Gasteiger partial charge in [0.15, 0.2) is 0 Å². The molecule has 7 nitrogen and oxygen atoms in total. The van der Waals surface area contributed by atoms with Crippen molar-refractivity contribution in [1.29, 1.82) is 0 Å². The van der Waals surface area contributed by atoms with Crippen molar-refractivity contribution in [3.63, 3.8) is 0 Å². The number of nitrogens with zero attached hydrogens (tertiary/aromatic N) is 1. The Morgan fingerprint density at radius 2 is 2.00 bits per heavy atom. The molecule has 1 aliphatic rings. The van der Waals surface area contributed by atoms with Gasteiger partial charge in [-0.1, -0.05) is 13.8 Å². The van der Waals surface area contributed by atoms with E-state index in [1.54, 1.807) is 12.3 Å². The van der Waals surface area contributed by atoms with Gasteiger partial charge in [-0.3, -0.25) is 9.59 Å². The van der Waals surface area contributed by atoms with Crippen molar-refractivity contribution in [3.8, 4) is 16.9 Å². The summed E-state index contributed by atoms with van der Waals surface area (Å²) in [7, 11) is 0. The van der Waals surface area contributed by atoms with Crippen LogP contribution in [-0.4, -0.2) is 22.8 Å². The predicted octanol–water partition coefficient (Wildman–Crippen LogP) is 2.91. The summed E-state index contributed by atoms with van der Waals surface area (Å²) in [4.78, 5) is 27.7. The first-order valence-electron chi connectivity index (χ1n) is 8.93. The topological polar surface area (TPSA) is 106 Å². The average Bonchev–Trinajstić information content (AvgIpc) is 2.60. The number of hydrogen-bond donors (Lipinski definition) is 3. The Labute approximate surface area is 158 Å². The highest BCUT2D eigenvalue weighted by molar-refractivity contribution is 5.95. The van der Waals surface area contributed by atoms with Crippen molar-refractivity contribution >= 4 is 23.3 Å². The minimum atomic E-state index is -0.547. The number of nitrogens with one attached hydrogen (secondary N) is 2. The summed E-state index contributed by atoms with van der Waals surface area (Å²) in [6.45, 7) is 5.87. The molecule has 0 radical (unpaired) electrons. The lowest BCUT2D eigenvalue weighted by Crippen LogP contribution is -2.36. The Morgan fingerprint density at radius 3 is 2.70 bits per heavy atom. The zero-order valence-corrected chi connectivity index (χ0v) is 15.7. The van der Waals surface area contributed by atoms with E-state index in [-0.39, 0.29) is 11.8 Å². The van der Waals surface area contributed by atoms with Crippen LogP contribution in [0, 0.1) is 5.92 Å². The maximum Gasteiger partial charge on any atom is 0.241 e. The molecule has 27 heavy (non-hydrogen) atoms. The van der Waals surface area contributed by atoms with Crippen LogP contribution in [0.15, 0.2) is 30.5 Å². The fraction of sp³-hybridized carbons (Fsp3) is 0.350. The van der Waals surface area contributed by atoms with Gasteiger partial charge in [-0.2, -0.15) is 0 Å². The summed E-state index contributed by atoms with van der Waals surface area (Å²) in [5.74, 6) is 1.12. The summed E-state index contributed by atoms with van der Waals surface area (Å²) in [6, 6.07) is 6.77. The second-order valence-electron chi connectivity index (χ2n) is 7.13. The Balaban J connectivity index is 1.82. The summed E-state index contributed by atoms with van der Waals surface area (Å²) >= 11 is 0. The molecule has 0 saturated carbocycles.